The van der Waals surface area contributed by atoms with Gasteiger partial charge in [0.05, 0.1) is 12.6 Å². The first kappa shape index (κ1) is 18.3. The third-order valence-corrected chi connectivity index (χ3v) is 5.81. The highest BCUT2D eigenvalue weighted by atomic mass is 79.9. The van der Waals surface area contributed by atoms with E-state index in [4.69, 9.17) is 21.7 Å². The third kappa shape index (κ3) is 2.89. The molecule has 2 bridgehead atoms. The largest absolute Gasteiger partial charge is 0.466 e. The number of hydrogen-bond donors (Lipinski definition) is 1. The number of hydrogen-bond acceptors (Lipinski definition) is 4. The lowest BCUT2D eigenvalue weighted by Gasteiger charge is -2.55. The van der Waals surface area contributed by atoms with Crippen LogP contribution in [0.25, 0.3) is 0 Å². The van der Waals surface area contributed by atoms with Crippen LogP contribution >= 0.6 is 28.1 Å². The molecule has 0 aliphatic carbocycles. The molecular weight excluding hydrogens is 428 g/mol. The van der Waals surface area contributed by atoms with Gasteiger partial charge in [0.15, 0.2) is 5.11 Å². The van der Waals surface area contributed by atoms with Crippen molar-refractivity contribution < 1.29 is 14.3 Å². The summed E-state index contributed by atoms with van der Waals surface area (Å²) in [5, 5.41) is 3.86. The predicted molar refractivity (Wildman–Crippen MR) is 111 cm³/mol. The van der Waals surface area contributed by atoms with Gasteiger partial charge >= 0.3 is 5.97 Å². The zero-order valence-corrected chi connectivity index (χ0v) is 17.3. The van der Waals surface area contributed by atoms with E-state index in [1.165, 1.54) is 0 Å². The normalized spacial score (nSPS) is 25.9. The number of rotatable bonds is 3. The number of carbonyl (C=O) groups excluding carboxylic acids is 1. The maximum absolute atomic E-state index is 13.0. The zero-order chi connectivity index (χ0) is 19.2. The first-order valence-electron chi connectivity index (χ1n) is 8.76. The number of carbonyl (C=O) groups is 1. The van der Waals surface area contributed by atoms with Gasteiger partial charge in [-0.2, -0.15) is 0 Å². The van der Waals surface area contributed by atoms with E-state index in [2.05, 4.69) is 21.2 Å². The summed E-state index contributed by atoms with van der Waals surface area (Å²) in [6, 6.07) is 15.2. The van der Waals surface area contributed by atoms with Gasteiger partial charge in [0, 0.05) is 15.7 Å². The molecule has 0 radical (unpaired) electrons. The number of thiocarbonyl (C=S) groups is 1. The van der Waals surface area contributed by atoms with Crippen molar-refractivity contribution in [1.29, 1.82) is 0 Å². The number of para-hydroxylation sites is 1. The van der Waals surface area contributed by atoms with Gasteiger partial charge in [-0.25, -0.2) is 0 Å². The molecule has 0 amide bonds. The van der Waals surface area contributed by atoms with Crippen LogP contribution in [0.2, 0.25) is 0 Å². The molecule has 27 heavy (non-hydrogen) atoms. The summed E-state index contributed by atoms with van der Waals surface area (Å²) in [5.41, 5.74) is 0.724. The molecule has 1 N–H and O–H groups in total. The van der Waals surface area contributed by atoms with Crippen molar-refractivity contribution in [2.24, 2.45) is 5.92 Å². The van der Waals surface area contributed by atoms with Crippen LogP contribution < -0.4 is 15.0 Å². The second kappa shape index (κ2) is 6.80. The van der Waals surface area contributed by atoms with E-state index in [0.717, 1.165) is 21.5 Å². The van der Waals surface area contributed by atoms with E-state index >= 15 is 0 Å². The van der Waals surface area contributed by atoms with E-state index < -0.39 is 11.6 Å². The maximum Gasteiger partial charge on any atom is 0.317 e. The molecule has 5 nitrogen and oxygen atoms in total. The number of halogens is 1. The fourth-order valence-corrected chi connectivity index (χ4v) is 4.71. The third-order valence-electron chi connectivity index (χ3n) is 5.01. The number of esters is 1. The van der Waals surface area contributed by atoms with Gasteiger partial charge in [0.2, 0.25) is 5.72 Å². The Labute approximate surface area is 171 Å². The Morgan fingerprint density at radius 3 is 2.78 bits per heavy atom. The number of nitrogens with one attached hydrogen (secondary N) is 1. The summed E-state index contributed by atoms with van der Waals surface area (Å²) in [6.45, 7) is 4.00. The molecular formula is C20H19BrN2O3S. The molecule has 2 aliphatic heterocycles. The Kier molecular flexibility index (Phi) is 4.60. The summed E-state index contributed by atoms with van der Waals surface area (Å²) in [7, 11) is 0. The number of fused-ring (bicyclic) bond motifs is 4. The summed E-state index contributed by atoms with van der Waals surface area (Å²) < 4.78 is 12.8. The molecule has 0 aromatic heterocycles. The summed E-state index contributed by atoms with van der Waals surface area (Å²) in [4.78, 5) is 14.8. The molecule has 2 aromatic rings. The second-order valence-electron chi connectivity index (χ2n) is 6.67. The predicted octanol–water partition coefficient (Wildman–Crippen LogP) is 4.17. The van der Waals surface area contributed by atoms with Crippen molar-refractivity contribution in [3.05, 3.63) is 58.6 Å². The molecule has 0 saturated carbocycles. The number of benzene rings is 2. The summed E-state index contributed by atoms with van der Waals surface area (Å²) in [6.07, 6.45) is 0. The van der Waals surface area contributed by atoms with Crippen LogP contribution in [0.15, 0.2) is 53.0 Å². The first-order chi connectivity index (χ1) is 13.0. The Hall–Kier alpha value is -2.12. The highest BCUT2D eigenvalue weighted by molar-refractivity contribution is 9.10. The standard InChI is InChI=1S/C20H19BrN2O3S/c1-3-25-18(24)16-17-14-11-12(21)9-10-15(14)26-20(16,2)23(19(27)22-17)13-7-5-4-6-8-13/h4-11,16-17H,3H2,1-2H3,(H,22,27)/t16-,17-,20-/m0/s1. The molecule has 2 aliphatic rings. The van der Waals surface area contributed by atoms with Gasteiger partial charge in [0.1, 0.15) is 11.7 Å². The molecule has 1 fully saturated rings. The highest BCUT2D eigenvalue weighted by Gasteiger charge is 2.59. The lowest BCUT2D eigenvalue weighted by atomic mass is 9.79. The second-order valence-corrected chi connectivity index (χ2v) is 7.97. The summed E-state index contributed by atoms with van der Waals surface area (Å²) >= 11 is 9.17. The molecule has 7 heteroatoms. The molecule has 140 valence electrons. The number of nitrogens with zero attached hydrogens (tertiary/aromatic N) is 1. The van der Waals surface area contributed by atoms with Gasteiger partial charge in [0.25, 0.3) is 0 Å². The minimum atomic E-state index is -1.01. The Morgan fingerprint density at radius 1 is 1.33 bits per heavy atom. The van der Waals surface area contributed by atoms with Crippen LogP contribution in [-0.4, -0.2) is 23.4 Å². The van der Waals surface area contributed by atoms with E-state index in [1.807, 2.05) is 60.4 Å². The van der Waals surface area contributed by atoms with Crippen molar-refractivity contribution in [3.8, 4) is 5.75 Å². The smallest absolute Gasteiger partial charge is 0.317 e. The molecule has 0 unspecified atom stereocenters. The topological polar surface area (TPSA) is 50.8 Å². The molecule has 2 heterocycles. The van der Waals surface area contributed by atoms with Gasteiger partial charge in [-0.1, -0.05) is 34.1 Å². The van der Waals surface area contributed by atoms with Crippen molar-refractivity contribution >= 4 is 44.9 Å². The van der Waals surface area contributed by atoms with Crippen molar-refractivity contribution in [2.75, 3.05) is 11.5 Å². The monoisotopic (exact) mass is 446 g/mol. The number of anilines is 1. The number of ether oxygens (including phenoxy) is 2. The van der Waals surface area contributed by atoms with Crippen molar-refractivity contribution in [2.45, 2.75) is 25.6 Å². The van der Waals surface area contributed by atoms with Crippen LogP contribution in [-0.2, 0) is 9.53 Å². The van der Waals surface area contributed by atoms with Gasteiger partial charge in [-0.3, -0.25) is 9.69 Å². The Balaban J connectivity index is 1.90. The van der Waals surface area contributed by atoms with Gasteiger partial charge in [-0.05, 0) is 56.4 Å². The minimum Gasteiger partial charge on any atom is -0.466 e. The average molecular weight is 447 g/mol. The summed E-state index contributed by atoms with van der Waals surface area (Å²) in [5.74, 6) is -0.181. The van der Waals surface area contributed by atoms with E-state index in [-0.39, 0.29) is 12.0 Å². The molecule has 3 atom stereocenters. The fourth-order valence-electron chi connectivity index (χ4n) is 3.91. The van der Waals surface area contributed by atoms with Crippen molar-refractivity contribution in [3.63, 3.8) is 0 Å². The Morgan fingerprint density at radius 2 is 2.07 bits per heavy atom. The van der Waals surface area contributed by atoms with Crippen LogP contribution in [0.3, 0.4) is 0 Å². The molecule has 2 aromatic carbocycles. The quantitative estimate of drug-likeness (QED) is 0.563. The van der Waals surface area contributed by atoms with E-state index in [0.29, 0.717) is 11.7 Å². The molecule has 4 rings (SSSR count). The fraction of sp³-hybridized carbons (Fsp3) is 0.300. The van der Waals surface area contributed by atoms with Crippen LogP contribution in [0, 0.1) is 5.92 Å². The minimum absolute atomic E-state index is 0.305. The maximum atomic E-state index is 13.0. The first-order valence-corrected chi connectivity index (χ1v) is 9.96. The Bertz CT molecular complexity index is 907. The van der Waals surface area contributed by atoms with E-state index in [1.54, 1.807) is 6.92 Å². The van der Waals surface area contributed by atoms with Crippen molar-refractivity contribution in [1.82, 2.24) is 5.32 Å². The van der Waals surface area contributed by atoms with E-state index in [9.17, 15) is 4.79 Å². The molecule has 1 saturated heterocycles. The lowest BCUT2D eigenvalue weighted by molar-refractivity contribution is -0.159. The SMILES string of the molecule is CCOC(=O)[C@@H]1[C@H]2NC(=S)N(c3ccccc3)[C@@]1(C)Oc1ccc(Br)cc12. The van der Waals surface area contributed by atoms with Gasteiger partial charge < -0.3 is 14.8 Å². The van der Waals surface area contributed by atoms with Crippen LogP contribution in [0.4, 0.5) is 5.69 Å². The van der Waals surface area contributed by atoms with Crippen LogP contribution in [0.5, 0.6) is 5.75 Å². The lowest BCUT2D eigenvalue weighted by Crippen LogP contribution is -2.71. The average Bonchev–Trinajstić information content (AvgIpc) is 2.63. The molecule has 0 spiro atoms. The zero-order valence-electron chi connectivity index (χ0n) is 14.9. The highest BCUT2D eigenvalue weighted by Crippen LogP contribution is 2.50. The van der Waals surface area contributed by atoms with Gasteiger partial charge in [-0.15, -0.1) is 0 Å². The van der Waals surface area contributed by atoms with Crippen LogP contribution in [0.1, 0.15) is 25.5 Å².